The molecule has 8 nitrogen and oxygen atoms in total. The summed E-state index contributed by atoms with van der Waals surface area (Å²) in [7, 11) is 0. The SMILES string of the molecule is CC(C)Oc1cc(NC2=CC=NC(N)([C@@H](C)c3ccc(F)cn3)N2)[nH]n1. The Kier molecular flexibility index (Phi) is 4.90. The Bertz CT molecular complexity index is 815. The van der Waals surface area contributed by atoms with Crippen molar-refractivity contribution in [2.45, 2.75) is 38.6 Å². The first-order valence-corrected chi connectivity index (χ1v) is 8.29. The average molecular weight is 359 g/mol. The van der Waals surface area contributed by atoms with Crippen LogP contribution in [0.5, 0.6) is 5.88 Å². The number of rotatable bonds is 6. The van der Waals surface area contributed by atoms with Gasteiger partial charge in [-0.25, -0.2) is 4.39 Å². The molecule has 2 aromatic heterocycles. The molecule has 0 bridgehead atoms. The lowest BCUT2D eigenvalue weighted by Gasteiger charge is -2.35. The van der Waals surface area contributed by atoms with Crippen LogP contribution >= 0.6 is 0 Å². The second-order valence-corrected chi connectivity index (χ2v) is 6.34. The molecule has 138 valence electrons. The number of halogens is 1. The van der Waals surface area contributed by atoms with Crippen LogP contribution < -0.4 is 21.1 Å². The molecule has 0 fully saturated rings. The molecule has 3 rings (SSSR count). The van der Waals surface area contributed by atoms with Crippen molar-refractivity contribution in [1.29, 1.82) is 0 Å². The van der Waals surface area contributed by atoms with E-state index < -0.39 is 11.6 Å². The number of nitrogens with zero attached hydrogens (tertiary/aromatic N) is 3. The summed E-state index contributed by atoms with van der Waals surface area (Å²) in [6.45, 7) is 5.73. The Morgan fingerprint density at radius 1 is 1.31 bits per heavy atom. The Morgan fingerprint density at radius 2 is 2.12 bits per heavy atom. The number of aromatic amines is 1. The van der Waals surface area contributed by atoms with Gasteiger partial charge in [0.2, 0.25) is 5.88 Å². The van der Waals surface area contributed by atoms with Gasteiger partial charge in [-0.15, -0.1) is 5.10 Å². The van der Waals surface area contributed by atoms with Crippen LogP contribution in [0.25, 0.3) is 0 Å². The van der Waals surface area contributed by atoms with Crippen molar-refractivity contribution in [3.8, 4) is 5.88 Å². The highest BCUT2D eigenvalue weighted by molar-refractivity contribution is 5.75. The Hall–Kier alpha value is -2.94. The quantitative estimate of drug-likeness (QED) is 0.628. The van der Waals surface area contributed by atoms with Gasteiger partial charge in [0, 0.05) is 18.0 Å². The van der Waals surface area contributed by atoms with Crippen molar-refractivity contribution >= 4 is 12.0 Å². The molecule has 2 aromatic rings. The van der Waals surface area contributed by atoms with Crippen LogP contribution in [-0.2, 0) is 0 Å². The number of pyridine rings is 1. The molecule has 9 heteroatoms. The molecule has 1 aliphatic rings. The molecule has 0 saturated carbocycles. The van der Waals surface area contributed by atoms with Crippen LogP contribution in [0.3, 0.4) is 0 Å². The van der Waals surface area contributed by atoms with E-state index in [0.717, 1.165) is 6.20 Å². The van der Waals surface area contributed by atoms with Gasteiger partial charge in [-0.3, -0.25) is 20.8 Å². The number of hydrogen-bond acceptors (Lipinski definition) is 7. The zero-order chi connectivity index (χ0) is 18.7. The van der Waals surface area contributed by atoms with Gasteiger partial charge >= 0.3 is 0 Å². The van der Waals surface area contributed by atoms with Crippen molar-refractivity contribution in [3.05, 3.63) is 47.8 Å². The number of aliphatic imine (C=N–C) groups is 1. The van der Waals surface area contributed by atoms with Gasteiger partial charge in [-0.2, -0.15) is 0 Å². The normalized spacial score (nSPS) is 20.5. The van der Waals surface area contributed by atoms with E-state index in [1.165, 1.54) is 6.07 Å². The zero-order valence-electron chi connectivity index (χ0n) is 14.8. The molecule has 1 aliphatic heterocycles. The smallest absolute Gasteiger partial charge is 0.234 e. The first-order chi connectivity index (χ1) is 12.4. The van der Waals surface area contributed by atoms with Crippen LogP contribution in [0.1, 0.15) is 32.4 Å². The minimum absolute atomic E-state index is 0.0334. The van der Waals surface area contributed by atoms with Crippen LogP contribution in [0.15, 0.2) is 41.3 Å². The summed E-state index contributed by atoms with van der Waals surface area (Å²) in [6, 6.07) is 4.70. The van der Waals surface area contributed by atoms with Crippen molar-refractivity contribution in [1.82, 2.24) is 20.5 Å². The predicted octanol–water partition coefficient (Wildman–Crippen LogP) is 2.07. The van der Waals surface area contributed by atoms with Gasteiger partial charge < -0.3 is 15.4 Å². The van der Waals surface area contributed by atoms with Gasteiger partial charge in [0.15, 0.2) is 5.79 Å². The van der Waals surface area contributed by atoms with Gasteiger partial charge in [0.1, 0.15) is 17.5 Å². The number of allylic oxidation sites excluding steroid dienone is 1. The topological polar surface area (TPSA) is 113 Å². The fourth-order valence-electron chi connectivity index (χ4n) is 2.50. The summed E-state index contributed by atoms with van der Waals surface area (Å²) in [6.07, 6.45) is 4.56. The molecular formula is C17H22FN7O. The standard InChI is InChI=1S/C17H22FN7O/c1-10(2)26-16-8-15(24-25-16)22-14-6-7-21-17(19,23-14)11(3)13-5-4-12(18)9-20-13/h4-11,23H,19H2,1-3H3,(H2,22,24,25)/t11-,17?/m0/s1. The molecule has 0 saturated heterocycles. The van der Waals surface area contributed by atoms with Gasteiger partial charge in [0.05, 0.1) is 18.2 Å². The van der Waals surface area contributed by atoms with Crippen molar-refractivity contribution in [2.24, 2.45) is 10.7 Å². The van der Waals surface area contributed by atoms with Crippen LogP contribution in [0, 0.1) is 5.82 Å². The van der Waals surface area contributed by atoms with Crippen LogP contribution in [0.4, 0.5) is 10.2 Å². The highest BCUT2D eigenvalue weighted by Gasteiger charge is 2.35. The van der Waals surface area contributed by atoms with Gasteiger partial charge in [0.25, 0.3) is 0 Å². The summed E-state index contributed by atoms with van der Waals surface area (Å²) in [5.74, 6) is -0.0464. The maximum absolute atomic E-state index is 13.1. The van der Waals surface area contributed by atoms with E-state index in [1.54, 1.807) is 24.4 Å². The van der Waals surface area contributed by atoms with Gasteiger partial charge in [-0.05, 0) is 32.1 Å². The average Bonchev–Trinajstić information content (AvgIpc) is 3.01. The Labute approximate surface area is 150 Å². The minimum Gasteiger partial charge on any atom is -0.474 e. The number of H-pyrrole nitrogens is 1. The van der Waals surface area contributed by atoms with E-state index in [2.05, 4.69) is 30.8 Å². The Balaban J connectivity index is 1.70. The van der Waals surface area contributed by atoms with Crippen molar-refractivity contribution in [2.75, 3.05) is 5.32 Å². The molecule has 5 N–H and O–H groups in total. The largest absolute Gasteiger partial charge is 0.474 e. The third-order valence-electron chi connectivity index (χ3n) is 3.90. The van der Waals surface area contributed by atoms with E-state index in [-0.39, 0.29) is 12.0 Å². The number of nitrogens with two attached hydrogens (primary N) is 1. The lowest BCUT2D eigenvalue weighted by Crippen LogP contribution is -2.57. The second kappa shape index (κ2) is 7.12. The summed E-state index contributed by atoms with van der Waals surface area (Å²) >= 11 is 0. The summed E-state index contributed by atoms with van der Waals surface area (Å²) in [5, 5.41) is 13.2. The first-order valence-electron chi connectivity index (χ1n) is 8.29. The number of aromatic nitrogens is 3. The molecule has 1 unspecified atom stereocenters. The molecule has 0 amide bonds. The summed E-state index contributed by atoms with van der Waals surface area (Å²) in [5.41, 5.74) is 7.05. The zero-order valence-corrected chi connectivity index (χ0v) is 14.8. The van der Waals surface area contributed by atoms with Crippen LogP contribution in [0.2, 0.25) is 0 Å². The molecule has 3 heterocycles. The maximum atomic E-state index is 13.1. The number of anilines is 1. The molecule has 0 aromatic carbocycles. The number of hydrogen-bond donors (Lipinski definition) is 4. The fourth-order valence-corrected chi connectivity index (χ4v) is 2.50. The van der Waals surface area contributed by atoms with Crippen molar-refractivity contribution < 1.29 is 9.13 Å². The van der Waals surface area contributed by atoms with E-state index >= 15 is 0 Å². The van der Waals surface area contributed by atoms with E-state index in [1.807, 2.05) is 20.8 Å². The lowest BCUT2D eigenvalue weighted by atomic mass is 9.98. The van der Waals surface area contributed by atoms with E-state index in [0.29, 0.717) is 23.2 Å². The lowest BCUT2D eigenvalue weighted by molar-refractivity contribution is 0.232. The monoisotopic (exact) mass is 359 g/mol. The molecule has 0 aliphatic carbocycles. The molecule has 0 spiro atoms. The predicted molar refractivity (Wildman–Crippen MR) is 97.2 cm³/mol. The van der Waals surface area contributed by atoms with E-state index in [9.17, 15) is 4.39 Å². The highest BCUT2D eigenvalue weighted by atomic mass is 19.1. The minimum atomic E-state index is -1.13. The van der Waals surface area contributed by atoms with E-state index in [4.69, 9.17) is 10.5 Å². The third-order valence-corrected chi connectivity index (χ3v) is 3.90. The second-order valence-electron chi connectivity index (χ2n) is 6.34. The molecular weight excluding hydrogens is 337 g/mol. The van der Waals surface area contributed by atoms with Gasteiger partial charge in [-0.1, -0.05) is 6.92 Å². The van der Waals surface area contributed by atoms with Crippen molar-refractivity contribution in [3.63, 3.8) is 0 Å². The molecule has 0 radical (unpaired) electrons. The third kappa shape index (κ3) is 3.99. The highest BCUT2D eigenvalue weighted by Crippen LogP contribution is 2.26. The van der Waals surface area contributed by atoms with Crippen LogP contribution in [-0.4, -0.2) is 33.3 Å². The summed E-state index contributed by atoms with van der Waals surface area (Å²) < 4.78 is 18.6. The fraction of sp³-hybridized carbons (Fsp3) is 0.353. The first kappa shape index (κ1) is 17.9. The maximum Gasteiger partial charge on any atom is 0.234 e. The number of nitrogens with one attached hydrogen (secondary N) is 3. The number of ether oxygens (including phenoxy) is 1. The molecule has 26 heavy (non-hydrogen) atoms. The Morgan fingerprint density at radius 3 is 2.81 bits per heavy atom. The summed E-state index contributed by atoms with van der Waals surface area (Å²) in [4.78, 5) is 8.43. The molecule has 2 atom stereocenters.